The first kappa shape index (κ1) is 20.5. The molecule has 0 amide bonds. The smallest absolute Gasteiger partial charge is 0.261 e. The van der Waals surface area contributed by atoms with Crippen LogP contribution in [-0.2, 0) is 7.05 Å². The van der Waals surface area contributed by atoms with Gasteiger partial charge in [0.05, 0.1) is 37.0 Å². The Morgan fingerprint density at radius 2 is 1.85 bits per heavy atom. The van der Waals surface area contributed by atoms with Gasteiger partial charge in [-0.2, -0.15) is 5.10 Å². The molecule has 1 aromatic carbocycles. The van der Waals surface area contributed by atoms with Crippen molar-refractivity contribution < 1.29 is 9.47 Å². The van der Waals surface area contributed by atoms with Crippen molar-refractivity contribution >= 4 is 27.8 Å². The summed E-state index contributed by atoms with van der Waals surface area (Å²) in [6, 6.07) is 5.00. The van der Waals surface area contributed by atoms with Gasteiger partial charge in [0.1, 0.15) is 39.7 Å². The minimum atomic E-state index is -0.316. The molecule has 0 aliphatic heterocycles. The highest BCUT2D eigenvalue weighted by Gasteiger charge is 2.23. The van der Waals surface area contributed by atoms with Crippen LogP contribution in [0.1, 0.15) is 18.8 Å². The summed E-state index contributed by atoms with van der Waals surface area (Å²) in [4.78, 5) is 32.7. The SMILES string of the molecule is COc1cc(OC)c2nc(-c3c(N[C@@H](C)c4ncccn4)c4nn(C)cc4[nH]c3=O)[nH]c2c1. The van der Waals surface area contributed by atoms with Gasteiger partial charge in [0.2, 0.25) is 0 Å². The number of anilines is 1. The molecular weight excluding hydrogens is 424 g/mol. The molecule has 0 aliphatic rings. The van der Waals surface area contributed by atoms with Crippen molar-refractivity contribution in [1.82, 2.24) is 34.7 Å². The Bertz CT molecular complexity index is 1520. The fraction of sp³-hybridized carbons (Fsp3) is 0.227. The third kappa shape index (κ3) is 3.53. The number of pyridine rings is 1. The van der Waals surface area contributed by atoms with Crippen molar-refractivity contribution in [1.29, 1.82) is 0 Å². The van der Waals surface area contributed by atoms with Gasteiger partial charge in [0, 0.05) is 37.8 Å². The zero-order valence-corrected chi connectivity index (χ0v) is 18.5. The molecule has 0 saturated heterocycles. The summed E-state index contributed by atoms with van der Waals surface area (Å²) in [7, 11) is 4.93. The molecular formula is C22H22N8O3. The van der Waals surface area contributed by atoms with Gasteiger partial charge in [0.25, 0.3) is 5.56 Å². The van der Waals surface area contributed by atoms with Gasteiger partial charge < -0.3 is 24.8 Å². The molecule has 0 bridgehead atoms. The quantitative estimate of drug-likeness (QED) is 0.362. The zero-order chi connectivity index (χ0) is 23.1. The summed E-state index contributed by atoms with van der Waals surface area (Å²) in [5.74, 6) is 2.09. The maximum atomic E-state index is 13.3. The fourth-order valence-electron chi connectivity index (χ4n) is 3.82. The van der Waals surface area contributed by atoms with Crippen LogP contribution in [0.2, 0.25) is 0 Å². The van der Waals surface area contributed by atoms with Crippen LogP contribution in [0.15, 0.2) is 41.6 Å². The molecule has 168 valence electrons. The summed E-state index contributed by atoms with van der Waals surface area (Å²) in [6.45, 7) is 1.92. The van der Waals surface area contributed by atoms with Crippen molar-refractivity contribution in [3.8, 4) is 22.9 Å². The molecule has 11 nitrogen and oxygen atoms in total. The van der Waals surface area contributed by atoms with Gasteiger partial charge in [0.15, 0.2) is 0 Å². The molecule has 11 heteroatoms. The Balaban J connectivity index is 1.73. The van der Waals surface area contributed by atoms with Crippen LogP contribution in [0.5, 0.6) is 11.5 Å². The van der Waals surface area contributed by atoms with Gasteiger partial charge in [-0.1, -0.05) is 0 Å². The van der Waals surface area contributed by atoms with E-state index in [1.165, 1.54) is 0 Å². The topological polar surface area (TPSA) is 136 Å². The molecule has 0 unspecified atom stereocenters. The number of aryl methyl sites for hydroxylation is 1. The average Bonchev–Trinajstić information content (AvgIpc) is 3.41. The molecule has 4 aromatic heterocycles. The van der Waals surface area contributed by atoms with Crippen molar-refractivity contribution in [2.24, 2.45) is 7.05 Å². The lowest BCUT2D eigenvalue weighted by molar-refractivity contribution is 0.397. The van der Waals surface area contributed by atoms with Gasteiger partial charge in [-0.25, -0.2) is 15.0 Å². The summed E-state index contributed by atoms with van der Waals surface area (Å²) in [5, 5.41) is 7.94. The number of imidazole rings is 1. The molecule has 5 rings (SSSR count). The van der Waals surface area contributed by atoms with Crippen molar-refractivity contribution in [3.05, 3.63) is 53.0 Å². The van der Waals surface area contributed by atoms with Crippen LogP contribution >= 0.6 is 0 Å². The Morgan fingerprint density at radius 3 is 2.58 bits per heavy atom. The molecule has 33 heavy (non-hydrogen) atoms. The number of ether oxygens (including phenoxy) is 2. The lowest BCUT2D eigenvalue weighted by Crippen LogP contribution is -2.17. The van der Waals surface area contributed by atoms with Crippen molar-refractivity contribution in [2.45, 2.75) is 13.0 Å². The lowest BCUT2D eigenvalue weighted by atomic mass is 10.1. The minimum absolute atomic E-state index is 0.295. The monoisotopic (exact) mass is 446 g/mol. The Morgan fingerprint density at radius 1 is 1.06 bits per heavy atom. The number of nitrogens with one attached hydrogen (secondary N) is 3. The molecule has 3 N–H and O–H groups in total. The lowest BCUT2D eigenvalue weighted by Gasteiger charge is -2.16. The van der Waals surface area contributed by atoms with E-state index in [4.69, 9.17) is 9.47 Å². The Hall–Kier alpha value is -4.41. The van der Waals surface area contributed by atoms with Crippen LogP contribution in [-0.4, -0.2) is 48.9 Å². The normalized spacial score (nSPS) is 12.2. The van der Waals surface area contributed by atoms with Crippen LogP contribution in [0.25, 0.3) is 33.5 Å². The number of fused-ring (bicyclic) bond motifs is 2. The van der Waals surface area contributed by atoms with E-state index in [9.17, 15) is 4.79 Å². The second kappa shape index (κ2) is 7.93. The first-order chi connectivity index (χ1) is 16.0. The maximum absolute atomic E-state index is 13.3. The number of methoxy groups -OCH3 is 2. The van der Waals surface area contributed by atoms with Crippen molar-refractivity contribution in [2.75, 3.05) is 19.5 Å². The maximum Gasteiger partial charge on any atom is 0.261 e. The van der Waals surface area contributed by atoms with Gasteiger partial charge in [-0.3, -0.25) is 9.48 Å². The number of nitrogens with zero attached hydrogens (tertiary/aromatic N) is 5. The highest BCUT2D eigenvalue weighted by Crippen LogP contribution is 2.35. The summed E-state index contributed by atoms with van der Waals surface area (Å²) < 4.78 is 12.5. The minimum Gasteiger partial charge on any atom is -0.497 e. The standard InChI is InChI=1S/C22H22N8O3/c1-11(20-23-6-5-7-24-20)25-19-16(22(31)27-14-10-30(2)29-18(14)19)21-26-13-8-12(32-3)9-15(33-4)17(13)28-21/h5-11,25H,1-4H3,(H,26,28)(H,27,31)/t11-/m0/s1. The average molecular weight is 446 g/mol. The number of hydrogen-bond acceptors (Lipinski definition) is 8. The molecule has 5 aromatic rings. The number of aromatic amines is 2. The second-order valence-electron chi connectivity index (χ2n) is 7.55. The van der Waals surface area contributed by atoms with Crippen LogP contribution < -0.4 is 20.3 Å². The first-order valence-electron chi connectivity index (χ1n) is 10.2. The highest BCUT2D eigenvalue weighted by molar-refractivity contribution is 5.97. The summed E-state index contributed by atoms with van der Waals surface area (Å²) in [5.41, 5.74) is 2.99. The Labute approximate surface area is 187 Å². The van der Waals surface area contributed by atoms with E-state index in [2.05, 4.69) is 35.3 Å². The van der Waals surface area contributed by atoms with Crippen LogP contribution in [0, 0.1) is 0 Å². The molecule has 0 spiro atoms. The van der Waals surface area contributed by atoms with E-state index < -0.39 is 0 Å². The molecule has 0 fully saturated rings. The third-order valence-corrected chi connectivity index (χ3v) is 5.34. The number of rotatable bonds is 6. The molecule has 0 radical (unpaired) electrons. The molecule has 1 atom stereocenters. The fourth-order valence-corrected chi connectivity index (χ4v) is 3.82. The number of H-pyrrole nitrogens is 2. The van der Waals surface area contributed by atoms with Crippen molar-refractivity contribution in [3.63, 3.8) is 0 Å². The third-order valence-electron chi connectivity index (χ3n) is 5.34. The number of aromatic nitrogens is 7. The van der Waals surface area contributed by atoms with Gasteiger partial charge in [-0.05, 0) is 13.0 Å². The van der Waals surface area contributed by atoms with E-state index in [0.717, 1.165) is 0 Å². The van der Waals surface area contributed by atoms with E-state index in [-0.39, 0.29) is 11.6 Å². The van der Waals surface area contributed by atoms with Crippen LogP contribution in [0.3, 0.4) is 0 Å². The van der Waals surface area contributed by atoms with Gasteiger partial charge in [-0.15, -0.1) is 0 Å². The van der Waals surface area contributed by atoms with Gasteiger partial charge >= 0.3 is 0 Å². The van der Waals surface area contributed by atoms with E-state index in [0.29, 0.717) is 56.5 Å². The summed E-state index contributed by atoms with van der Waals surface area (Å²) >= 11 is 0. The molecule has 4 heterocycles. The molecule has 0 aliphatic carbocycles. The van der Waals surface area contributed by atoms with E-state index >= 15 is 0 Å². The number of hydrogen-bond donors (Lipinski definition) is 3. The van der Waals surface area contributed by atoms with Crippen LogP contribution in [0.4, 0.5) is 5.69 Å². The predicted octanol–water partition coefficient (Wildman–Crippen LogP) is 2.79. The summed E-state index contributed by atoms with van der Waals surface area (Å²) in [6.07, 6.45) is 5.10. The second-order valence-corrected chi connectivity index (χ2v) is 7.55. The zero-order valence-electron chi connectivity index (χ0n) is 18.5. The Kier molecular flexibility index (Phi) is 4.93. The largest absolute Gasteiger partial charge is 0.497 e. The predicted molar refractivity (Wildman–Crippen MR) is 124 cm³/mol. The number of benzene rings is 1. The van der Waals surface area contributed by atoms with E-state index in [1.807, 2.05) is 6.92 Å². The molecule has 0 saturated carbocycles. The first-order valence-corrected chi connectivity index (χ1v) is 10.2. The highest BCUT2D eigenvalue weighted by atomic mass is 16.5. The van der Waals surface area contributed by atoms with E-state index in [1.54, 1.807) is 62.7 Å².